The zero-order chi connectivity index (χ0) is 19.6. The summed E-state index contributed by atoms with van der Waals surface area (Å²) in [7, 11) is 1.78. The van der Waals surface area contributed by atoms with E-state index in [1.54, 1.807) is 7.05 Å². The molecule has 0 saturated carbocycles. The topological polar surface area (TPSA) is 66.0 Å². The van der Waals surface area contributed by atoms with Crippen LogP contribution < -0.4 is 10.6 Å². The first kappa shape index (κ1) is 24.7. The number of guanidine groups is 1. The second kappa shape index (κ2) is 13.0. The molecule has 0 aromatic heterocycles. The van der Waals surface area contributed by atoms with Crippen LogP contribution in [-0.4, -0.2) is 56.1 Å². The minimum Gasteiger partial charge on any atom is -0.376 e. The normalized spacial score (nSPS) is 18.0. The maximum atomic E-state index is 12.1. The summed E-state index contributed by atoms with van der Waals surface area (Å²) < 4.78 is 5.80. The Balaban J connectivity index is 0.00000392. The number of amides is 1. The summed E-state index contributed by atoms with van der Waals surface area (Å²) in [6.07, 6.45) is 0.953. The third kappa shape index (κ3) is 8.34. The summed E-state index contributed by atoms with van der Waals surface area (Å²) in [6.45, 7) is 9.73. The van der Waals surface area contributed by atoms with Crippen molar-refractivity contribution in [2.24, 2.45) is 16.8 Å². The fraction of sp³-hybridized carbons (Fsp3) is 0.619. The molecule has 1 aromatic rings. The van der Waals surface area contributed by atoms with E-state index in [1.807, 2.05) is 36.9 Å². The van der Waals surface area contributed by atoms with E-state index in [4.69, 9.17) is 4.74 Å². The van der Waals surface area contributed by atoms with Gasteiger partial charge >= 0.3 is 0 Å². The number of nitrogens with one attached hydrogen (secondary N) is 2. The summed E-state index contributed by atoms with van der Waals surface area (Å²) in [4.78, 5) is 18.3. The fourth-order valence-corrected chi connectivity index (χ4v) is 3.11. The van der Waals surface area contributed by atoms with Gasteiger partial charge in [0.25, 0.3) is 0 Å². The van der Waals surface area contributed by atoms with Crippen molar-refractivity contribution < 1.29 is 9.53 Å². The molecule has 1 amide bonds. The lowest BCUT2D eigenvalue weighted by molar-refractivity contribution is -0.133. The van der Waals surface area contributed by atoms with E-state index in [2.05, 4.69) is 34.7 Å². The Morgan fingerprint density at radius 1 is 1.29 bits per heavy atom. The zero-order valence-corrected chi connectivity index (χ0v) is 19.8. The number of carbonyl (C=O) groups is 1. The molecule has 1 aliphatic rings. The second-order valence-electron chi connectivity index (χ2n) is 7.63. The summed E-state index contributed by atoms with van der Waals surface area (Å²) in [6, 6.07) is 10.5. The highest BCUT2D eigenvalue weighted by Crippen LogP contribution is 2.12. The molecule has 28 heavy (non-hydrogen) atoms. The number of aliphatic imine (C=N–C) groups is 1. The molecule has 1 aliphatic heterocycles. The van der Waals surface area contributed by atoms with Gasteiger partial charge in [0.05, 0.1) is 13.2 Å². The van der Waals surface area contributed by atoms with Crippen LogP contribution in [0.1, 0.15) is 32.8 Å². The molecule has 2 unspecified atom stereocenters. The monoisotopic (exact) mass is 502 g/mol. The number of carbonyl (C=O) groups excluding carboxylic acids is 1. The van der Waals surface area contributed by atoms with E-state index >= 15 is 0 Å². The van der Waals surface area contributed by atoms with Gasteiger partial charge in [-0.1, -0.05) is 51.1 Å². The Hall–Kier alpha value is -1.35. The standard InChI is InChI=1S/C21H34N4O2.HI/c1-16(2)20(26)25-11-10-19(13-25)24-21(22-4)23-12-17(3)14-27-15-18-8-6-5-7-9-18;/h5-9,16-17,19H,10-15H2,1-4H3,(H2,22,23,24);1H. The van der Waals surface area contributed by atoms with E-state index < -0.39 is 0 Å². The minimum absolute atomic E-state index is 0. The molecule has 2 N–H and O–H groups in total. The number of nitrogens with zero attached hydrogens (tertiary/aromatic N) is 2. The molecule has 1 heterocycles. The SMILES string of the molecule is CN=C(NCC(C)COCc1ccccc1)NC1CCN(C(=O)C(C)C)C1.I. The van der Waals surface area contributed by atoms with E-state index in [0.29, 0.717) is 19.1 Å². The molecule has 1 aromatic carbocycles. The summed E-state index contributed by atoms with van der Waals surface area (Å²) >= 11 is 0. The lowest BCUT2D eigenvalue weighted by atomic mass is 10.2. The number of hydrogen-bond acceptors (Lipinski definition) is 3. The summed E-state index contributed by atoms with van der Waals surface area (Å²) in [5.41, 5.74) is 1.19. The van der Waals surface area contributed by atoms with Crippen molar-refractivity contribution in [2.75, 3.05) is 33.3 Å². The van der Waals surface area contributed by atoms with E-state index in [9.17, 15) is 4.79 Å². The van der Waals surface area contributed by atoms with Gasteiger partial charge in [0.15, 0.2) is 5.96 Å². The molecule has 7 heteroatoms. The predicted molar refractivity (Wildman–Crippen MR) is 125 cm³/mol. The third-order valence-corrected chi connectivity index (χ3v) is 4.69. The Morgan fingerprint density at radius 3 is 2.64 bits per heavy atom. The van der Waals surface area contributed by atoms with Crippen LogP contribution >= 0.6 is 24.0 Å². The Bertz CT molecular complexity index is 610. The minimum atomic E-state index is 0. The number of likely N-dealkylation sites (tertiary alicyclic amines) is 1. The Kier molecular flexibility index (Phi) is 11.4. The molecule has 1 saturated heterocycles. The highest BCUT2D eigenvalue weighted by atomic mass is 127. The van der Waals surface area contributed by atoms with Crippen LogP contribution in [0.4, 0.5) is 0 Å². The molecule has 0 bridgehead atoms. The van der Waals surface area contributed by atoms with Crippen LogP contribution in [0, 0.1) is 11.8 Å². The van der Waals surface area contributed by atoms with Gasteiger partial charge in [0, 0.05) is 38.6 Å². The molecular formula is C21H35IN4O2. The highest BCUT2D eigenvalue weighted by Gasteiger charge is 2.27. The van der Waals surface area contributed by atoms with Crippen molar-refractivity contribution in [3.8, 4) is 0 Å². The average molecular weight is 502 g/mol. The van der Waals surface area contributed by atoms with Crippen molar-refractivity contribution >= 4 is 35.8 Å². The van der Waals surface area contributed by atoms with Gasteiger partial charge < -0.3 is 20.3 Å². The molecule has 1 fully saturated rings. The van der Waals surface area contributed by atoms with Crippen molar-refractivity contribution in [2.45, 2.75) is 39.8 Å². The van der Waals surface area contributed by atoms with Crippen LogP contribution in [0.2, 0.25) is 0 Å². The van der Waals surface area contributed by atoms with Gasteiger partial charge in [-0.3, -0.25) is 9.79 Å². The van der Waals surface area contributed by atoms with Crippen LogP contribution in [0.5, 0.6) is 0 Å². The van der Waals surface area contributed by atoms with E-state index in [1.165, 1.54) is 5.56 Å². The smallest absolute Gasteiger partial charge is 0.225 e. The molecule has 158 valence electrons. The van der Waals surface area contributed by atoms with Crippen LogP contribution in [0.3, 0.4) is 0 Å². The van der Waals surface area contributed by atoms with E-state index in [0.717, 1.165) is 32.0 Å². The molecule has 2 rings (SSSR count). The second-order valence-corrected chi connectivity index (χ2v) is 7.63. The largest absolute Gasteiger partial charge is 0.376 e. The van der Waals surface area contributed by atoms with Crippen molar-refractivity contribution in [3.05, 3.63) is 35.9 Å². The van der Waals surface area contributed by atoms with Crippen molar-refractivity contribution in [1.29, 1.82) is 0 Å². The highest BCUT2D eigenvalue weighted by molar-refractivity contribution is 14.0. The quantitative estimate of drug-likeness (QED) is 0.326. The number of halogens is 1. The maximum absolute atomic E-state index is 12.1. The average Bonchev–Trinajstić information content (AvgIpc) is 3.13. The van der Waals surface area contributed by atoms with Crippen molar-refractivity contribution in [3.63, 3.8) is 0 Å². The van der Waals surface area contributed by atoms with Crippen molar-refractivity contribution in [1.82, 2.24) is 15.5 Å². The van der Waals surface area contributed by atoms with E-state index in [-0.39, 0.29) is 41.8 Å². The molecule has 0 aliphatic carbocycles. The number of ether oxygens (including phenoxy) is 1. The fourth-order valence-electron chi connectivity index (χ4n) is 3.11. The lowest BCUT2D eigenvalue weighted by Gasteiger charge is -2.21. The summed E-state index contributed by atoms with van der Waals surface area (Å²) in [5.74, 6) is 1.44. The van der Waals surface area contributed by atoms with Gasteiger partial charge in [-0.25, -0.2) is 0 Å². The molecule has 2 atom stereocenters. The molecule has 0 radical (unpaired) electrons. The molecule has 0 spiro atoms. The third-order valence-electron chi connectivity index (χ3n) is 4.69. The molecular weight excluding hydrogens is 467 g/mol. The van der Waals surface area contributed by atoms with Crippen LogP contribution in [0.15, 0.2) is 35.3 Å². The first-order valence-corrected chi connectivity index (χ1v) is 9.87. The van der Waals surface area contributed by atoms with Gasteiger partial charge in [-0.05, 0) is 17.9 Å². The first-order valence-electron chi connectivity index (χ1n) is 9.87. The van der Waals surface area contributed by atoms with Gasteiger partial charge in [0.1, 0.15) is 0 Å². The van der Waals surface area contributed by atoms with Gasteiger partial charge in [0.2, 0.25) is 5.91 Å². The number of benzene rings is 1. The van der Waals surface area contributed by atoms with Crippen LogP contribution in [-0.2, 0) is 16.1 Å². The lowest BCUT2D eigenvalue weighted by Crippen LogP contribution is -2.46. The number of hydrogen-bond donors (Lipinski definition) is 2. The Morgan fingerprint density at radius 2 is 2.00 bits per heavy atom. The summed E-state index contributed by atoms with van der Waals surface area (Å²) in [5, 5.41) is 6.80. The molecule has 6 nitrogen and oxygen atoms in total. The van der Waals surface area contributed by atoms with Gasteiger partial charge in [-0.15, -0.1) is 24.0 Å². The zero-order valence-electron chi connectivity index (χ0n) is 17.5. The maximum Gasteiger partial charge on any atom is 0.225 e. The Labute approximate surface area is 186 Å². The predicted octanol–water partition coefficient (Wildman–Crippen LogP) is 2.88. The van der Waals surface area contributed by atoms with Gasteiger partial charge in [-0.2, -0.15) is 0 Å². The van der Waals surface area contributed by atoms with Crippen LogP contribution in [0.25, 0.3) is 0 Å². The first-order chi connectivity index (χ1) is 13.0. The number of rotatable bonds is 8.